The summed E-state index contributed by atoms with van der Waals surface area (Å²) in [5.74, 6) is 1.05. The van der Waals surface area contributed by atoms with Crippen molar-refractivity contribution in [2.45, 2.75) is 18.9 Å². The first-order valence-corrected chi connectivity index (χ1v) is 7.14. The molecule has 94 valence electrons. The summed E-state index contributed by atoms with van der Waals surface area (Å²) in [6.45, 7) is 0.817. The normalized spacial score (nSPS) is 15.8. The van der Waals surface area contributed by atoms with Crippen LogP contribution in [0.25, 0.3) is 0 Å². The van der Waals surface area contributed by atoms with E-state index in [2.05, 4.69) is 33.9 Å². The van der Waals surface area contributed by atoms with Crippen molar-refractivity contribution in [2.24, 2.45) is 0 Å². The number of aryl methyl sites for hydroxylation is 1. The number of hydrogen-bond acceptors (Lipinski definition) is 4. The van der Waals surface area contributed by atoms with Gasteiger partial charge in [-0.05, 0) is 25.5 Å². The van der Waals surface area contributed by atoms with Gasteiger partial charge >= 0.3 is 0 Å². The van der Waals surface area contributed by atoms with Crippen molar-refractivity contribution < 1.29 is 4.74 Å². The molecule has 0 bridgehead atoms. The molecule has 2 aromatic rings. The van der Waals surface area contributed by atoms with Gasteiger partial charge in [-0.1, -0.05) is 18.2 Å². The molecular formula is C14H16N2OS. The van der Waals surface area contributed by atoms with E-state index in [0.717, 1.165) is 30.9 Å². The molecule has 3 nitrogen and oxygen atoms in total. The molecule has 18 heavy (non-hydrogen) atoms. The molecule has 0 saturated carbocycles. The summed E-state index contributed by atoms with van der Waals surface area (Å²) in [5.41, 5.74) is 5.44. The molecule has 0 saturated heterocycles. The van der Waals surface area contributed by atoms with Crippen molar-refractivity contribution in [3.63, 3.8) is 0 Å². The lowest BCUT2D eigenvalue weighted by atomic mass is 9.97. The van der Waals surface area contributed by atoms with E-state index in [4.69, 9.17) is 4.74 Å². The molecule has 2 heterocycles. The first kappa shape index (κ1) is 11.7. The van der Waals surface area contributed by atoms with Gasteiger partial charge in [-0.3, -0.25) is 0 Å². The number of ether oxygens (including phenoxy) is 1. The van der Waals surface area contributed by atoms with Crippen LogP contribution in [0.4, 0.5) is 0 Å². The van der Waals surface area contributed by atoms with Gasteiger partial charge in [0, 0.05) is 10.9 Å². The SMILES string of the molecule is CNC(c1cscn1)c1cccc2c1OCCC2. The lowest BCUT2D eigenvalue weighted by molar-refractivity contribution is 0.283. The highest BCUT2D eigenvalue weighted by Gasteiger charge is 2.22. The first-order valence-electron chi connectivity index (χ1n) is 6.20. The fourth-order valence-corrected chi connectivity index (χ4v) is 3.05. The highest BCUT2D eigenvalue weighted by Crippen LogP contribution is 2.35. The predicted octanol–water partition coefficient (Wildman–Crippen LogP) is 2.78. The maximum atomic E-state index is 5.87. The second-order valence-electron chi connectivity index (χ2n) is 4.42. The zero-order chi connectivity index (χ0) is 12.4. The van der Waals surface area contributed by atoms with Crippen molar-refractivity contribution >= 4 is 11.3 Å². The second kappa shape index (κ2) is 5.08. The van der Waals surface area contributed by atoms with Crippen molar-refractivity contribution in [3.8, 4) is 5.75 Å². The number of para-hydroxylation sites is 1. The van der Waals surface area contributed by atoms with Crippen LogP contribution in [0, 0.1) is 0 Å². The van der Waals surface area contributed by atoms with Crippen LogP contribution in [-0.4, -0.2) is 18.6 Å². The maximum absolute atomic E-state index is 5.87. The molecule has 0 spiro atoms. The van der Waals surface area contributed by atoms with Crippen LogP contribution in [-0.2, 0) is 6.42 Å². The molecule has 1 atom stereocenters. The number of rotatable bonds is 3. The molecule has 0 aliphatic carbocycles. The second-order valence-corrected chi connectivity index (χ2v) is 5.14. The van der Waals surface area contributed by atoms with Crippen LogP contribution in [0.5, 0.6) is 5.75 Å². The van der Waals surface area contributed by atoms with Gasteiger partial charge in [0.1, 0.15) is 5.75 Å². The Bertz CT molecular complexity index is 525. The fourth-order valence-electron chi connectivity index (χ4n) is 2.47. The van der Waals surface area contributed by atoms with E-state index in [9.17, 15) is 0 Å². The lowest BCUT2D eigenvalue weighted by Gasteiger charge is -2.24. The first-order chi connectivity index (χ1) is 8.90. The Morgan fingerprint density at radius 2 is 2.39 bits per heavy atom. The standard InChI is InChI=1S/C14H16N2OS/c1-15-13(12-8-18-9-16-12)11-6-2-4-10-5-3-7-17-14(10)11/h2,4,6,8-9,13,15H,3,5,7H2,1H3. The fraction of sp³-hybridized carbons (Fsp3) is 0.357. The molecular weight excluding hydrogens is 244 g/mol. The van der Waals surface area contributed by atoms with Gasteiger partial charge in [-0.25, -0.2) is 4.98 Å². The largest absolute Gasteiger partial charge is 0.493 e. The summed E-state index contributed by atoms with van der Waals surface area (Å²) < 4.78 is 5.87. The highest BCUT2D eigenvalue weighted by molar-refractivity contribution is 7.07. The van der Waals surface area contributed by atoms with Gasteiger partial charge in [-0.2, -0.15) is 0 Å². The summed E-state index contributed by atoms with van der Waals surface area (Å²) in [6.07, 6.45) is 2.22. The molecule has 1 N–H and O–H groups in total. The number of aromatic nitrogens is 1. The molecule has 0 amide bonds. The van der Waals surface area contributed by atoms with E-state index in [1.165, 1.54) is 11.1 Å². The van der Waals surface area contributed by atoms with Gasteiger partial charge in [-0.15, -0.1) is 11.3 Å². The van der Waals surface area contributed by atoms with Gasteiger partial charge in [0.15, 0.2) is 0 Å². The number of nitrogens with one attached hydrogen (secondary N) is 1. The smallest absolute Gasteiger partial charge is 0.127 e. The number of nitrogens with zero attached hydrogens (tertiary/aromatic N) is 1. The van der Waals surface area contributed by atoms with Crippen LogP contribution < -0.4 is 10.1 Å². The number of benzene rings is 1. The van der Waals surface area contributed by atoms with Crippen molar-refractivity contribution in [3.05, 3.63) is 45.9 Å². The third-order valence-electron chi connectivity index (χ3n) is 3.31. The Morgan fingerprint density at radius 1 is 1.44 bits per heavy atom. The van der Waals surface area contributed by atoms with Crippen LogP contribution in [0.2, 0.25) is 0 Å². The molecule has 1 aliphatic rings. The summed E-state index contributed by atoms with van der Waals surface area (Å²) in [6, 6.07) is 6.51. The van der Waals surface area contributed by atoms with Gasteiger partial charge < -0.3 is 10.1 Å². The Hall–Kier alpha value is -1.39. The number of hydrogen-bond donors (Lipinski definition) is 1. The molecule has 3 rings (SSSR count). The number of fused-ring (bicyclic) bond motifs is 1. The van der Waals surface area contributed by atoms with Crippen LogP contribution >= 0.6 is 11.3 Å². The number of thiazole rings is 1. The Labute approximate surface area is 111 Å². The van der Waals surface area contributed by atoms with Gasteiger partial charge in [0.2, 0.25) is 0 Å². The molecule has 1 aliphatic heterocycles. The Kier molecular flexibility index (Phi) is 3.30. The van der Waals surface area contributed by atoms with Gasteiger partial charge in [0.25, 0.3) is 0 Å². The van der Waals surface area contributed by atoms with Crippen LogP contribution in [0.3, 0.4) is 0 Å². The summed E-state index contributed by atoms with van der Waals surface area (Å²) in [4.78, 5) is 4.41. The van der Waals surface area contributed by atoms with Crippen LogP contribution in [0.1, 0.15) is 29.3 Å². The average Bonchev–Trinajstić information content (AvgIpc) is 2.94. The minimum atomic E-state index is 0.115. The zero-order valence-electron chi connectivity index (χ0n) is 10.3. The van der Waals surface area contributed by atoms with E-state index in [1.807, 2.05) is 12.6 Å². The van der Waals surface area contributed by atoms with E-state index in [0.29, 0.717) is 0 Å². The van der Waals surface area contributed by atoms with E-state index >= 15 is 0 Å². The summed E-state index contributed by atoms with van der Waals surface area (Å²) in [5, 5.41) is 5.42. The molecule has 4 heteroatoms. The molecule has 1 aromatic heterocycles. The van der Waals surface area contributed by atoms with Crippen molar-refractivity contribution in [1.29, 1.82) is 0 Å². The van der Waals surface area contributed by atoms with E-state index in [1.54, 1.807) is 11.3 Å². The van der Waals surface area contributed by atoms with E-state index in [-0.39, 0.29) is 6.04 Å². The summed E-state index contributed by atoms with van der Waals surface area (Å²) in [7, 11) is 1.96. The van der Waals surface area contributed by atoms with Crippen molar-refractivity contribution in [1.82, 2.24) is 10.3 Å². The third-order valence-corrected chi connectivity index (χ3v) is 3.92. The zero-order valence-corrected chi connectivity index (χ0v) is 11.2. The minimum absolute atomic E-state index is 0.115. The predicted molar refractivity (Wildman–Crippen MR) is 73.3 cm³/mol. The topological polar surface area (TPSA) is 34.2 Å². The average molecular weight is 260 g/mol. The van der Waals surface area contributed by atoms with Crippen LogP contribution in [0.15, 0.2) is 29.1 Å². The minimum Gasteiger partial charge on any atom is -0.493 e. The molecule has 1 unspecified atom stereocenters. The molecule has 0 radical (unpaired) electrons. The monoisotopic (exact) mass is 260 g/mol. The molecule has 0 fully saturated rings. The lowest BCUT2D eigenvalue weighted by Crippen LogP contribution is -2.21. The highest BCUT2D eigenvalue weighted by atomic mass is 32.1. The Morgan fingerprint density at radius 3 is 3.17 bits per heavy atom. The Balaban J connectivity index is 2.05. The third kappa shape index (κ3) is 2.02. The van der Waals surface area contributed by atoms with E-state index < -0.39 is 0 Å². The quantitative estimate of drug-likeness (QED) is 0.921. The summed E-state index contributed by atoms with van der Waals surface area (Å²) >= 11 is 1.62. The molecule has 1 aromatic carbocycles. The maximum Gasteiger partial charge on any atom is 0.127 e. The van der Waals surface area contributed by atoms with Gasteiger partial charge in [0.05, 0.1) is 23.9 Å². The van der Waals surface area contributed by atoms with Crippen molar-refractivity contribution in [2.75, 3.05) is 13.7 Å².